The highest BCUT2D eigenvalue weighted by Gasteiger charge is 2.25. The van der Waals surface area contributed by atoms with Crippen molar-refractivity contribution in [1.29, 1.82) is 0 Å². The van der Waals surface area contributed by atoms with Gasteiger partial charge in [0.25, 0.3) is 11.8 Å². The van der Waals surface area contributed by atoms with Crippen LogP contribution in [0.1, 0.15) is 56.2 Å². The van der Waals surface area contributed by atoms with Crippen molar-refractivity contribution >= 4 is 52.5 Å². The maximum absolute atomic E-state index is 13.3. The minimum atomic E-state index is -0.320. The summed E-state index contributed by atoms with van der Waals surface area (Å²) >= 11 is 12.0. The van der Waals surface area contributed by atoms with Gasteiger partial charge >= 0.3 is 0 Å². The van der Waals surface area contributed by atoms with Crippen LogP contribution in [-0.2, 0) is 0 Å². The van der Waals surface area contributed by atoms with Gasteiger partial charge in [-0.05, 0) is 72.7 Å². The Morgan fingerprint density at radius 3 is 2.24 bits per heavy atom. The Labute approximate surface area is 233 Å². The molecule has 38 heavy (non-hydrogen) atoms. The number of carbonyl (C=O) groups excluding carboxylic acids is 2. The summed E-state index contributed by atoms with van der Waals surface area (Å²) in [7, 11) is 1.72. The minimum absolute atomic E-state index is 0.0413. The first kappa shape index (κ1) is 27.4. The Bertz CT molecular complexity index is 1390. The van der Waals surface area contributed by atoms with Crippen LogP contribution >= 0.6 is 23.2 Å². The number of anilines is 1. The zero-order valence-corrected chi connectivity index (χ0v) is 22.9. The number of nitrogens with two attached hydrogens (primary N) is 1. The quantitative estimate of drug-likeness (QED) is 0.341. The normalized spacial score (nSPS) is 14.6. The molecule has 1 saturated heterocycles. The SMILES string of the molecule is CN=CC(=CN)c1ccc(C2CCN(C(=O)c3ccc(C)c(NC(=O)c4ccc(Cl)c(Cl)c4)c3)CC2)cc1. The molecule has 1 fully saturated rings. The lowest BCUT2D eigenvalue weighted by atomic mass is 9.88. The number of likely N-dealkylation sites (tertiary alicyclic amines) is 1. The van der Waals surface area contributed by atoms with Gasteiger partial charge in [-0.2, -0.15) is 0 Å². The number of piperidine rings is 1. The van der Waals surface area contributed by atoms with Crippen LogP contribution < -0.4 is 11.1 Å². The van der Waals surface area contributed by atoms with E-state index in [0.29, 0.717) is 45.9 Å². The van der Waals surface area contributed by atoms with Crippen molar-refractivity contribution in [2.75, 3.05) is 25.5 Å². The predicted octanol–water partition coefficient (Wildman–Crippen LogP) is 6.57. The van der Waals surface area contributed by atoms with Crippen LogP contribution in [-0.4, -0.2) is 43.1 Å². The van der Waals surface area contributed by atoms with E-state index < -0.39 is 0 Å². The maximum atomic E-state index is 13.3. The van der Waals surface area contributed by atoms with Crippen LogP contribution in [0.25, 0.3) is 5.57 Å². The molecule has 1 aliphatic heterocycles. The maximum Gasteiger partial charge on any atom is 0.255 e. The van der Waals surface area contributed by atoms with Crippen molar-refractivity contribution in [3.8, 4) is 0 Å². The Hall–Kier alpha value is -3.61. The van der Waals surface area contributed by atoms with E-state index >= 15 is 0 Å². The summed E-state index contributed by atoms with van der Waals surface area (Å²) in [5.74, 6) is 0.0249. The molecular weight excluding hydrogens is 519 g/mol. The molecule has 1 aliphatic rings. The highest BCUT2D eigenvalue weighted by molar-refractivity contribution is 6.42. The van der Waals surface area contributed by atoms with Crippen molar-refractivity contribution in [2.45, 2.75) is 25.7 Å². The molecule has 0 atom stereocenters. The number of nitrogens with zero attached hydrogens (tertiary/aromatic N) is 2. The van der Waals surface area contributed by atoms with Crippen molar-refractivity contribution in [1.82, 2.24) is 4.90 Å². The fourth-order valence-corrected chi connectivity index (χ4v) is 4.92. The lowest BCUT2D eigenvalue weighted by Crippen LogP contribution is -2.38. The van der Waals surface area contributed by atoms with Gasteiger partial charge < -0.3 is 16.0 Å². The van der Waals surface area contributed by atoms with Crippen LogP contribution in [0.2, 0.25) is 10.0 Å². The van der Waals surface area contributed by atoms with E-state index in [-0.39, 0.29) is 11.8 Å². The number of halogens is 2. The van der Waals surface area contributed by atoms with Crippen LogP contribution in [0, 0.1) is 6.92 Å². The number of amides is 2. The topological polar surface area (TPSA) is 87.8 Å². The molecule has 2 amide bonds. The zero-order chi connectivity index (χ0) is 27.2. The number of hydrogen-bond acceptors (Lipinski definition) is 4. The average molecular weight is 550 g/mol. The second kappa shape index (κ2) is 12.3. The van der Waals surface area contributed by atoms with E-state index in [9.17, 15) is 9.59 Å². The highest BCUT2D eigenvalue weighted by Crippen LogP contribution is 2.30. The van der Waals surface area contributed by atoms with E-state index in [4.69, 9.17) is 28.9 Å². The number of rotatable bonds is 6. The molecule has 196 valence electrons. The van der Waals surface area contributed by atoms with E-state index in [2.05, 4.69) is 34.6 Å². The first-order valence-electron chi connectivity index (χ1n) is 12.4. The zero-order valence-electron chi connectivity index (χ0n) is 21.4. The molecule has 0 radical (unpaired) electrons. The van der Waals surface area contributed by atoms with E-state index in [0.717, 1.165) is 29.5 Å². The second-order valence-corrected chi connectivity index (χ2v) is 10.1. The van der Waals surface area contributed by atoms with Crippen molar-refractivity contribution in [3.63, 3.8) is 0 Å². The van der Waals surface area contributed by atoms with Gasteiger partial charge in [-0.1, -0.05) is 53.5 Å². The Morgan fingerprint density at radius 1 is 0.947 bits per heavy atom. The van der Waals surface area contributed by atoms with Gasteiger partial charge in [-0.25, -0.2) is 0 Å². The molecule has 0 aliphatic carbocycles. The summed E-state index contributed by atoms with van der Waals surface area (Å²) in [6, 6.07) is 18.5. The molecule has 3 aromatic rings. The fraction of sp³-hybridized carbons (Fsp3) is 0.233. The third kappa shape index (κ3) is 6.26. The second-order valence-electron chi connectivity index (χ2n) is 9.31. The largest absolute Gasteiger partial charge is 0.404 e. The molecule has 4 rings (SSSR count). The lowest BCUT2D eigenvalue weighted by molar-refractivity contribution is 0.0712. The van der Waals surface area contributed by atoms with Crippen LogP contribution in [0.5, 0.6) is 0 Å². The van der Waals surface area contributed by atoms with E-state index in [1.807, 2.05) is 17.9 Å². The molecule has 0 bridgehead atoms. The predicted molar refractivity (Wildman–Crippen MR) is 156 cm³/mol. The number of aliphatic imine (C=N–C) groups is 1. The molecule has 8 heteroatoms. The summed E-state index contributed by atoms with van der Waals surface area (Å²) < 4.78 is 0. The molecule has 1 heterocycles. The average Bonchev–Trinajstić information content (AvgIpc) is 2.94. The Balaban J connectivity index is 1.40. The van der Waals surface area contributed by atoms with Gasteiger partial charge in [0.1, 0.15) is 0 Å². The number of nitrogens with one attached hydrogen (secondary N) is 1. The van der Waals surface area contributed by atoms with E-state index in [1.54, 1.807) is 43.7 Å². The van der Waals surface area contributed by atoms with Gasteiger partial charge in [0, 0.05) is 54.9 Å². The monoisotopic (exact) mass is 548 g/mol. The van der Waals surface area contributed by atoms with Gasteiger partial charge in [-0.3, -0.25) is 14.6 Å². The molecule has 6 nitrogen and oxygen atoms in total. The molecule has 0 spiro atoms. The molecule has 3 N–H and O–H groups in total. The smallest absolute Gasteiger partial charge is 0.255 e. The number of aryl methyl sites for hydroxylation is 1. The standard InChI is InChI=1S/C30H30Cl2N4O2/c1-19-3-4-24(16-28(19)35-29(37)23-9-10-26(31)27(32)15-23)30(38)36-13-11-22(12-14-36)20-5-7-21(8-6-20)25(17-33)18-34-2/h3-10,15-18,22H,11-14,33H2,1-2H3,(H,35,37). The van der Waals surface area contributed by atoms with Gasteiger partial charge in [0.2, 0.25) is 0 Å². The Morgan fingerprint density at radius 2 is 1.61 bits per heavy atom. The molecule has 0 aromatic heterocycles. The highest BCUT2D eigenvalue weighted by atomic mass is 35.5. The molecule has 0 unspecified atom stereocenters. The number of allylic oxidation sites excluding steroid dienone is 1. The summed E-state index contributed by atoms with van der Waals surface area (Å²) in [6.07, 6.45) is 5.07. The lowest BCUT2D eigenvalue weighted by Gasteiger charge is -2.32. The summed E-state index contributed by atoms with van der Waals surface area (Å²) in [4.78, 5) is 32.0. The Kier molecular flexibility index (Phi) is 8.87. The first-order valence-corrected chi connectivity index (χ1v) is 13.2. The van der Waals surface area contributed by atoms with Crippen molar-refractivity contribution < 1.29 is 9.59 Å². The minimum Gasteiger partial charge on any atom is -0.404 e. The summed E-state index contributed by atoms with van der Waals surface area (Å²) in [5.41, 5.74) is 11.3. The molecular formula is C30H30Cl2N4O2. The molecule has 3 aromatic carbocycles. The van der Waals surface area contributed by atoms with Crippen molar-refractivity contribution in [2.24, 2.45) is 10.7 Å². The summed E-state index contributed by atoms with van der Waals surface area (Å²) in [6.45, 7) is 3.22. The van der Waals surface area contributed by atoms with Gasteiger partial charge in [-0.15, -0.1) is 0 Å². The third-order valence-corrected chi connectivity index (χ3v) is 7.60. The number of hydrogen-bond donors (Lipinski definition) is 2. The van der Waals surface area contributed by atoms with Gasteiger partial charge in [0.15, 0.2) is 0 Å². The molecule has 0 saturated carbocycles. The number of benzene rings is 3. The van der Waals surface area contributed by atoms with Gasteiger partial charge in [0.05, 0.1) is 10.0 Å². The van der Waals surface area contributed by atoms with E-state index in [1.165, 1.54) is 11.6 Å². The van der Waals surface area contributed by atoms with Crippen LogP contribution in [0.15, 0.2) is 71.9 Å². The van der Waals surface area contributed by atoms with Crippen molar-refractivity contribution in [3.05, 3.63) is 105 Å². The first-order chi connectivity index (χ1) is 18.3. The number of carbonyl (C=O) groups is 2. The van der Waals surface area contributed by atoms with Crippen LogP contribution in [0.3, 0.4) is 0 Å². The van der Waals surface area contributed by atoms with Crippen LogP contribution in [0.4, 0.5) is 5.69 Å². The summed E-state index contributed by atoms with van der Waals surface area (Å²) in [5, 5.41) is 3.58. The fourth-order valence-electron chi connectivity index (χ4n) is 4.62. The third-order valence-electron chi connectivity index (χ3n) is 6.86.